The smallest absolute Gasteiger partial charge is 0.223 e. The van der Waals surface area contributed by atoms with Crippen molar-refractivity contribution in [3.05, 3.63) is 69.7 Å². The molecule has 1 atom stereocenters. The Labute approximate surface area is 161 Å². The topological polar surface area (TPSA) is 80.3 Å². The molecule has 3 aromatic rings. The maximum absolute atomic E-state index is 13.1. The van der Waals surface area contributed by atoms with Gasteiger partial charge in [-0.25, -0.2) is 21.6 Å². The van der Waals surface area contributed by atoms with Crippen LogP contribution in [0.2, 0.25) is 0 Å². The predicted octanol–water partition coefficient (Wildman–Crippen LogP) is 3.61. The van der Waals surface area contributed by atoms with E-state index < -0.39 is 25.1 Å². The van der Waals surface area contributed by atoms with Crippen molar-refractivity contribution in [3.63, 3.8) is 0 Å². The second-order valence-electron chi connectivity index (χ2n) is 5.65. The molecule has 0 radical (unpaired) electrons. The van der Waals surface area contributed by atoms with Gasteiger partial charge in [-0.2, -0.15) is 0 Å². The van der Waals surface area contributed by atoms with Gasteiger partial charge < -0.3 is 0 Å². The zero-order valence-electron chi connectivity index (χ0n) is 13.8. The van der Waals surface area contributed by atoms with Crippen molar-refractivity contribution in [2.75, 3.05) is 6.54 Å². The van der Waals surface area contributed by atoms with Gasteiger partial charge in [0.25, 0.3) is 0 Å². The molecule has 26 heavy (non-hydrogen) atoms. The van der Waals surface area contributed by atoms with Crippen LogP contribution in [0.3, 0.4) is 0 Å². The number of thiophene rings is 2. The molecule has 0 spiro atoms. The van der Waals surface area contributed by atoms with Crippen LogP contribution >= 0.6 is 22.7 Å². The fourth-order valence-electron chi connectivity index (χ4n) is 2.40. The molecule has 1 aromatic carbocycles. The normalized spacial score (nSPS) is 13.6. The van der Waals surface area contributed by atoms with Gasteiger partial charge in [-0.05, 0) is 41.9 Å². The molecule has 0 saturated carbocycles. The van der Waals surface area contributed by atoms with Crippen LogP contribution in [-0.2, 0) is 19.9 Å². The third-order valence-corrected chi connectivity index (χ3v) is 9.86. The van der Waals surface area contributed by atoms with Gasteiger partial charge in [0.05, 0.1) is 4.90 Å². The Balaban J connectivity index is 1.93. The first-order valence-corrected chi connectivity index (χ1v) is 12.5. The quantitative estimate of drug-likeness (QED) is 0.625. The molecule has 0 aliphatic carbocycles. The summed E-state index contributed by atoms with van der Waals surface area (Å²) in [6.45, 7) is 1.65. The Kier molecular flexibility index (Phi) is 5.64. The maximum atomic E-state index is 13.1. The molecule has 0 fully saturated rings. The van der Waals surface area contributed by atoms with Crippen LogP contribution in [-0.4, -0.2) is 23.4 Å². The molecule has 2 heterocycles. The summed E-state index contributed by atoms with van der Waals surface area (Å²) in [6.07, 6.45) is 0. The highest BCUT2D eigenvalue weighted by atomic mass is 32.2. The Morgan fingerprint density at radius 3 is 2.15 bits per heavy atom. The van der Waals surface area contributed by atoms with Crippen molar-refractivity contribution in [2.24, 2.45) is 0 Å². The zero-order chi connectivity index (χ0) is 18.8. The Hall–Kier alpha value is -1.52. The SMILES string of the molecule is Cc1ccc(S(=O)(=O)[C@@H](CNS(=O)(=O)c2cccs2)c2cccs2)cc1. The van der Waals surface area contributed by atoms with Crippen LogP contribution in [0.4, 0.5) is 0 Å². The van der Waals surface area contributed by atoms with Crippen molar-refractivity contribution in [3.8, 4) is 0 Å². The van der Waals surface area contributed by atoms with Gasteiger partial charge in [0.1, 0.15) is 9.46 Å². The fourth-order valence-corrected chi connectivity index (χ4v) is 7.38. The van der Waals surface area contributed by atoms with Crippen molar-refractivity contribution >= 4 is 42.5 Å². The first kappa shape index (κ1) is 19.2. The highest BCUT2D eigenvalue weighted by molar-refractivity contribution is 7.92. The summed E-state index contributed by atoms with van der Waals surface area (Å²) in [7, 11) is -7.49. The number of rotatable bonds is 7. The van der Waals surface area contributed by atoms with Gasteiger partial charge in [-0.3, -0.25) is 0 Å². The molecule has 0 unspecified atom stereocenters. The number of nitrogens with one attached hydrogen (secondary N) is 1. The summed E-state index contributed by atoms with van der Waals surface area (Å²) in [5.41, 5.74) is 0.954. The van der Waals surface area contributed by atoms with E-state index in [0.29, 0.717) is 4.88 Å². The number of hydrogen-bond donors (Lipinski definition) is 1. The van der Waals surface area contributed by atoms with E-state index >= 15 is 0 Å². The summed E-state index contributed by atoms with van der Waals surface area (Å²) in [4.78, 5) is 0.774. The van der Waals surface area contributed by atoms with Gasteiger partial charge in [0, 0.05) is 11.4 Å². The lowest BCUT2D eigenvalue weighted by Crippen LogP contribution is -2.31. The van der Waals surface area contributed by atoms with E-state index in [9.17, 15) is 16.8 Å². The molecule has 0 aliphatic rings. The van der Waals surface area contributed by atoms with Crippen LogP contribution in [0.5, 0.6) is 0 Å². The first-order chi connectivity index (χ1) is 12.3. The molecule has 2 aromatic heterocycles. The van der Waals surface area contributed by atoms with E-state index in [2.05, 4.69) is 4.72 Å². The number of hydrogen-bond acceptors (Lipinski definition) is 6. The highest BCUT2D eigenvalue weighted by Crippen LogP contribution is 2.32. The summed E-state index contributed by atoms with van der Waals surface area (Å²) < 4.78 is 53.6. The summed E-state index contributed by atoms with van der Waals surface area (Å²) in [6, 6.07) is 13.2. The second-order valence-corrected chi connectivity index (χ2v) is 11.7. The molecular weight excluding hydrogens is 410 g/mol. The van der Waals surface area contributed by atoms with E-state index in [1.54, 1.807) is 53.2 Å². The van der Waals surface area contributed by atoms with Gasteiger partial charge in [0.15, 0.2) is 9.84 Å². The highest BCUT2D eigenvalue weighted by Gasteiger charge is 2.31. The standard InChI is InChI=1S/C17H17NO4S4/c1-13-6-8-14(9-7-13)25(19,20)16(15-4-2-10-23-15)12-18-26(21,22)17-5-3-11-24-17/h2-11,16,18H,12H2,1H3/t16-/m0/s1. The predicted molar refractivity (Wildman–Crippen MR) is 105 cm³/mol. The second kappa shape index (κ2) is 7.61. The molecule has 5 nitrogen and oxygen atoms in total. The zero-order valence-corrected chi connectivity index (χ0v) is 17.1. The van der Waals surface area contributed by atoms with Crippen LogP contribution in [0.25, 0.3) is 0 Å². The van der Waals surface area contributed by atoms with Crippen molar-refractivity contribution < 1.29 is 16.8 Å². The number of sulfonamides is 1. The maximum Gasteiger partial charge on any atom is 0.250 e. The Bertz CT molecular complexity index is 1050. The Morgan fingerprint density at radius 1 is 0.923 bits per heavy atom. The molecule has 1 N–H and O–H groups in total. The molecular formula is C17H17NO4S4. The van der Waals surface area contributed by atoms with E-state index in [1.807, 2.05) is 6.92 Å². The molecule has 138 valence electrons. The third kappa shape index (κ3) is 4.07. The minimum absolute atomic E-state index is 0.162. The molecule has 0 bridgehead atoms. The van der Waals surface area contributed by atoms with Gasteiger partial charge >= 0.3 is 0 Å². The first-order valence-electron chi connectivity index (χ1n) is 7.68. The largest absolute Gasteiger partial charge is 0.250 e. The minimum Gasteiger partial charge on any atom is -0.223 e. The van der Waals surface area contributed by atoms with Gasteiger partial charge in [-0.15, -0.1) is 22.7 Å². The van der Waals surface area contributed by atoms with E-state index in [1.165, 1.54) is 17.4 Å². The fraction of sp³-hybridized carbons (Fsp3) is 0.176. The summed E-state index contributed by atoms with van der Waals surface area (Å²) >= 11 is 2.38. The van der Waals surface area contributed by atoms with E-state index in [0.717, 1.165) is 16.9 Å². The Morgan fingerprint density at radius 2 is 1.58 bits per heavy atom. The van der Waals surface area contributed by atoms with Crippen LogP contribution < -0.4 is 4.72 Å². The van der Waals surface area contributed by atoms with E-state index in [4.69, 9.17) is 0 Å². The number of sulfone groups is 1. The lowest BCUT2D eigenvalue weighted by atomic mass is 10.2. The summed E-state index contributed by atoms with van der Waals surface area (Å²) in [5.74, 6) is 0. The minimum atomic E-state index is -3.75. The number of aryl methyl sites for hydroxylation is 1. The van der Waals surface area contributed by atoms with Crippen molar-refractivity contribution in [1.82, 2.24) is 4.72 Å². The monoisotopic (exact) mass is 427 g/mol. The van der Waals surface area contributed by atoms with Crippen molar-refractivity contribution in [2.45, 2.75) is 21.3 Å². The average molecular weight is 428 g/mol. The molecule has 0 saturated heterocycles. The molecule has 0 aliphatic heterocycles. The van der Waals surface area contributed by atoms with Crippen LogP contribution in [0.1, 0.15) is 15.7 Å². The van der Waals surface area contributed by atoms with Crippen LogP contribution in [0, 0.1) is 6.92 Å². The van der Waals surface area contributed by atoms with Gasteiger partial charge in [0.2, 0.25) is 10.0 Å². The van der Waals surface area contributed by atoms with E-state index in [-0.39, 0.29) is 15.6 Å². The molecule has 0 amide bonds. The van der Waals surface area contributed by atoms with Crippen molar-refractivity contribution in [1.29, 1.82) is 0 Å². The molecule has 9 heteroatoms. The molecule has 3 rings (SSSR count). The third-order valence-electron chi connectivity index (χ3n) is 3.80. The van der Waals surface area contributed by atoms with Gasteiger partial charge in [-0.1, -0.05) is 29.8 Å². The number of benzene rings is 1. The lowest BCUT2D eigenvalue weighted by molar-refractivity contribution is 0.571. The van der Waals surface area contributed by atoms with Crippen LogP contribution in [0.15, 0.2) is 68.4 Å². The summed E-state index contributed by atoms with van der Waals surface area (Å²) in [5, 5.41) is 2.45. The average Bonchev–Trinajstić information content (AvgIpc) is 3.29. The lowest BCUT2D eigenvalue weighted by Gasteiger charge is -2.17.